The summed E-state index contributed by atoms with van der Waals surface area (Å²) in [6, 6.07) is 9.28. The molecule has 2 amide bonds. The van der Waals surface area contributed by atoms with Crippen LogP contribution in [-0.2, 0) is 5.54 Å². The van der Waals surface area contributed by atoms with Crippen molar-refractivity contribution < 1.29 is 14.7 Å². The van der Waals surface area contributed by atoms with Gasteiger partial charge in [-0.2, -0.15) is 5.26 Å². The largest absolute Gasteiger partial charge is 0.465 e. The molecule has 0 atom stereocenters. The minimum atomic E-state index is -0.864. The van der Waals surface area contributed by atoms with Crippen molar-refractivity contribution >= 4 is 23.4 Å². The van der Waals surface area contributed by atoms with Crippen LogP contribution in [0.25, 0.3) is 0 Å². The third kappa shape index (κ3) is 2.48. The average Bonchev–Trinajstić information content (AvgIpc) is 2.85. The average molecular weight is 403 g/mol. The molecule has 2 saturated heterocycles. The van der Waals surface area contributed by atoms with Crippen LogP contribution in [0, 0.1) is 16.7 Å². The van der Waals surface area contributed by atoms with Crippen LogP contribution in [0.1, 0.15) is 35.3 Å². The van der Waals surface area contributed by atoms with Gasteiger partial charge in [0.1, 0.15) is 0 Å². The van der Waals surface area contributed by atoms with Crippen molar-refractivity contribution in [3.63, 3.8) is 0 Å². The lowest BCUT2D eigenvalue weighted by molar-refractivity contribution is -0.00943. The van der Waals surface area contributed by atoms with E-state index in [4.69, 9.17) is 5.11 Å². The molecular weight excluding hydrogens is 382 g/mol. The van der Waals surface area contributed by atoms with Crippen molar-refractivity contribution in [3.8, 4) is 6.07 Å². The first kappa shape index (κ1) is 18.4. The Morgan fingerprint density at radius 3 is 2.50 bits per heavy atom. The number of fused-ring (bicyclic) bond motifs is 1. The van der Waals surface area contributed by atoms with E-state index in [0.717, 1.165) is 24.3 Å². The van der Waals surface area contributed by atoms with Crippen LogP contribution in [-0.4, -0.2) is 53.2 Å². The second-order valence-corrected chi connectivity index (χ2v) is 8.97. The summed E-state index contributed by atoms with van der Waals surface area (Å²) in [6.45, 7) is 6.65. The van der Waals surface area contributed by atoms with Crippen molar-refractivity contribution in [1.29, 1.82) is 5.26 Å². The van der Waals surface area contributed by atoms with Gasteiger partial charge in [0.15, 0.2) is 0 Å². The van der Waals surface area contributed by atoms with E-state index in [0.29, 0.717) is 29.9 Å². The lowest BCUT2D eigenvalue weighted by Gasteiger charge is -2.60. The highest BCUT2D eigenvalue weighted by atomic mass is 16.4. The smallest absolute Gasteiger partial charge is 0.407 e. The Balaban J connectivity index is 1.40. The fraction of sp³-hybridized carbons (Fsp3) is 0.364. The number of anilines is 2. The first-order valence-corrected chi connectivity index (χ1v) is 9.81. The molecule has 4 heterocycles. The molecule has 3 aliphatic rings. The second-order valence-electron chi connectivity index (χ2n) is 8.97. The van der Waals surface area contributed by atoms with E-state index in [9.17, 15) is 14.9 Å². The Labute approximate surface area is 173 Å². The van der Waals surface area contributed by atoms with E-state index in [1.165, 1.54) is 4.90 Å². The summed E-state index contributed by atoms with van der Waals surface area (Å²) in [4.78, 5) is 33.9. The van der Waals surface area contributed by atoms with Crippen molar-refractivity contribution in [2.45, 2.75) is 19.4 Å². The number of carbonyl (C=O) groups is 2. The normalized spacial score (nSPS) is 20.4. The number of nitriles is 1. The Hall–Kier alpha value is -3.60. The molecule has 3 aliphatic heterocycles. The monoisotopic (exact) mass is 403 g/mol. The molecule has 0 bridgehead atoms. The summed E-state index contributed by atoms with van der Waals surface area (Å²) in [5.74, 6) is -0.102. The molecule has 8 nitrogen and oxygen atoms in total. The van der Waals surface area contributed by atoms with Gasteiger partial charge in [-0.15, -0.1) is 0 Å². The molecule has 0 unspecified atom stereocenters. The predicted molar refractivity (Wildman–Crippen MR) is 109 cm³/mol. The van der Waals surface area contributed by atoms with Gasteiger partial charge in [-0.3, -0.25) is 14.7 Å². The number of nitrogens with zero attached hydrogens (tertiary/aromatic N) is 5. The third-order valence-corrected chi connectivity index (χ3v) is 6.51. The highest BCUT2D eigenvalue weighted by Gasteiger charge is 2.53. The molecule has 5 rings (SSSR count). The number of pyridine rings is 1. The van der Waals surface area contributed by atoms with Crippen molar-refractivity contribution in [2.75, 3.05) is 36.0 Å². The van der Waals surface area contributed by atoms with Crippen LogP contribution in [0.15, 0.2) is 36.7 Å². The van der Waals surface area contributed by atoms with Gasteiger partial charge >= 0.3 is 6.09 Å². The molecule has 152 valence electrons. The topological polar surface area (TPSA) is 101 Å². The summed E-state index contributed by atoms with van der Waals surface area (Å²) in [5, 5.41) is 18.3. The maximum absolute atomic E-state index is 13.2. The maximum atomic E-state index is 13.2. The van der Waals surface area contributed by atoms with E-state index in [-0.39, 0.29) is 11.3 Å². The first-order valence-electron chi connectivity index (χ1n) is 9.81. The minimum Gasteiger partial charge on any atom is -0.465 e. The van der Waals surface area contributed by atoms with Crippen molar-refractivity contribution in [3.05, 3.63) is 53.3 Å². The molecule has 0 radical (unpaired) electrons. The number of rotatable bonds is 2. The van der Waals surface area contributed by atoms with Crippen molar-refractivity contribution in [1.82, 2.24) is 9.88 Å². The fourth-order valence-electron chi connectivity index (χ4n) is 5.00. The van der Waals surface area contributed by atoms with Gasteiger partial charge in [0, 0.05) is 37.2 Å². The van der Waals surface area contributed by atoms with Crippen LogP contribution in [0.5, 0.6) is 0 Å². The zero-order chi connectivity index (χ0) is 21.3. The van der Waals surface area contributed by atoms with Crippen molar-refractivity contribution in [2.24, 2.45) is 5.41 Å². The number of carbonyl (C=O) groups excluding carboxylic acids is 1. The number of benzene rings is 1. The lowest BCUT2D eigenvalue weighted by Crippen LogP contribution is -2.73. The Morgan fingerprint density at radius 2 is 1.83 bits per heavy atom. The molecule has 1 spiro atoms. The zero-order valence-electron chi connectivity index (χ0n) is 16.8. The van der Waals surface area contributed by atoms with E-state index >= 15 is 0 Å². The summed E-state index contributed by atoms with van der Waals surface area (Å²) >= 11 is 0. The van der Waals surface area contributed by atoms with Crippen LogP contribution in [0.4, 0.5) is 16.2 Å². The number of hydrogen-bond acceptors (Lipinski definition) is 5. The molecular formula is C22H21N5O3. The minimum absolute atomic E-state index is 0.0427. The Kier molecular flexibility index (Phi) is 3.66. The van der Waals surface area contributed by atoms with Crippen LogP contribution in [0.3, 0.4) is 0 Å². The molecule has 2 aromatic rings. The molecule has 1 aromatic carbocycles. The zero-order valence-corrected chi connectivity index (χ0v) is 16.8. The lowest BCUT2D eigenvalue weighted by atomic mass is 9.73. The van der Waals surface area contributed by atoms with Crippen LogP contribution >= 0.6 is 0 Å². The summed E-state index contributed by atoms with van der Waals surface area (Å²) in [6.07, 6.45) is 2.60. The molecule has 1 aromatic heterocycles. The number of amides is 2. The number of carboxylic acid groups (broad SMARTS) is 1. The molecule has 0 aliphatic carbocycles. The molecule has 8 heteroatoms. The van der Waals surface area contributed by atoms with E-state index in [1.54, 1.807) is 35.5 Å². The molecule has 2 fully saturated rings. The number of hydrogen-bond donors (Lipinski definition) is 1. The highest BCUT2D eigenvalue weighted by molar-refractivity contribution is 6.12. The van der Waals surface area contributed by atoms with Gasteiger partial charge in [-0.25, -0.2) is 4.79 Å². The number of likely N-dealkylation sites (tertiary alicyclic amines) is 1. The van der Waals surface area contributed by atoms with Crippen LogP contribution in [0.2, 0.25) is 0 Å². The third-order valence-electron chi connectivity index (χ3n) is 6.51. The summed E-state index contributed by atoms with van der Waals surface area (Å²) in [7, 11) is 0. The van der Waals surface area contributed by atoms with Gasteiger partial charge in [0.05, 0.1) is 40.9 Å². The van der Waals surface area contributed by atoms with Gasteiger partial charge in [0.25, 0.3) is 5.91 Å². The number of aromatic nitrogens is 1. The van der Waals surface area contributed by atoms with Gasteiger partial charge in [-0.1, -0.05) is 0 Å². The predicted octanol–water partition coefficient (Wildman–Crippen LogP) is 2.65. The molecule has 1 N–H and O–H groups in total. The van der Waals surface area contributed by atoms with Gasteiger partial charge in [-0.05, 0) is 43.7 Å². The molecule has 30 heavy (non-hydrogen) atoms. The van der Waals surface area contributed by atoms with E-state index < -0.39 is 11.6 Å². The summed E-state index contributed by atoms with van der Waals surface area (Å²) in [5.41, 5.74) is 3.04. The van der Waals surface area contributed by atoms with Gasteiger partial charge < -0.3 is 14.9 Å². The first-order chi connectivity index (χ1) is 14.2. The quantitative estimate of drug-likeness (QED) is 0.827. The SMILES string of the molecule is CC1(C)c2cc(C#N)ccc2C(=O)N1c1cncc(N2CC3(CN(C(=O)O)C3)C2)c1. The summed E-state index contributed by atoms with van der Waals surface area (Å²) < 4.78 is 0. The highest BCUT2D eigenvalue weighted by Crippen LogP contribution is 2.45. The fourth-order valence-corrected chi connectivity index (χ4v) is 5.00. The van der Waals surface area contributed by atoms with Crippen LogP contribution < -0.4 is 9.80 Å². The molecule has 0 saturated carbocycles. The Bertz CT molecular complexity index is 1120. The standard InChI is InChI=1S/C22H21N5O3/c1-21(2)18-5-14(7-23)3-4-17(18)19(28)27(21)16-6-15(8-24-9-16)25-10-22(11-25)12-26(13-22)20(29)30/h3-6,8-9H,10-13H2,1-2H3,(H,29,30). The van der Waals surface area contributed by atoms with E-state index in [2.05, 4.69) is 16.0 Å². The Morgan fingerprint density at radius 1 is 1.13 bits per heavy atom. The van der Waals surface area contributed by atoms with E-state index in [1.807, 2.05) is 19.9 Å². The van der Waals surface area contributed by atoms with Gasteiger partial charge in [0.2, 0.25) is 0 Å². The maximum Gasteiger partial charge on any atom is 0.407 e. The second kappa shape index (κ2) is 5.95.